The van der Waals surface area contributed by atoms with E-state index in [1.54, 1.807) is 0 Å². The first-order valence-electron chi connectivity index (χ1n) is 7.57. The minimum Gasteiger partial charge on any atom is -0.377 e. The fourth-order valence-corrected chi connectivity index (χ4v) is 7.74. The van der Waals surface area contributed by atoms with Gasteiger partial charge in [0.1, 0.15) is 6.23 Å². The van der Waals surface area contributed by atoms with E-state index in [1.165, 1.54) is 6.42 Å². The van der Waals surface area contributed by atoms with E-state index in [9.17, 15) is 13.5 Å². The molecular formula is C15H25NO3S. The highest BCUT2D eigenvalue weighted by Crippen LogP contribution is 3.02. The lowest BCUT2D eigenvalue weighted by atomic mass is 9.83. The van der Waals surface area contributed by atoms with Crippen molar-refractivity contribution >= 4 is 10.0 Å². The van der Waals surface area contributed by atoms with Gasteiger partial charge in [0.05, 0.1) is 6.26 Å². The van der Waals surface area contributed by atoms with Gasteiger partial charge < -0.3 is 5.11 Å². The number of hydrogen-bond donors (Lipinski definition) is 2. The fraction of sp³-hybridized carbons (Fsp3) is 1.00. The van der Waals surface area contributed by atoms with Gasteiger partial charge in [0, 0.05) is 5.92 Å². The lowest BCUT2D eigenvalue weighted by Crippen LogP contribution is -2.43. The third-order valence-electron chi connectivity index (χ3n) is 7.92. The molecule has 4 fully saturated rings. The van der Waals surface area contributed by atoms with Crippen molar-refractivity contribution in [2.24, 2.45) is 39.4 Å². The molecule has 0 heterocycles. The highest BCUT2D eigenvalue weighted by Gasteiger charge is 2.97. The Balaban J connectivity index is 1.69. The summed E-state index contributed by atoms with van der Waals surface area (Å²) in [5.41, 5.74) is 1.16. The van der Waals surface area contributed by atoms with Gasteiger partial charge in [-0.25, -0.2) is 8.42 Å². The number of aliphatic hydroxyl groups excluding tert-OH is 1. The van der Waals surface area contributed by atoms with Gasteiger partial charge >= 0.3 is 0 Å². The molecule has 4 aliphatic carbocycles. The zero-order valence-electron chi connectivity index (χ0n) is 12.9. The lowest BCUT2D eigenvalue weighted by Gasteiger charge is -2.28. The molecule has 4 saturated carbocycles. The van der Waals surface area contributed by atoms with E-state index in [2.05, 4.69) is 32.4 Å². The van der Waals surface area contributed by atoms with Crippen LogP contribution < -0.4 is 4.72 Å². The Morgan fingerprint density at radius 3 is 2.25 bits per heavy atom. The zero-order chi connectivity index (χ0) is 14.9. The molecular weight excluding hydrogens is 274 g/mol. The molecule has 0 aromatic heterocycles. The average Bonchev–Trinajstić information content (AvgIpc) is 2.83. The third-order valence-corrected chi connectivity index (χ3v) is 8.59. The summed E-state index contributed by atoms with van der Waals surface area (Å²) < 4.78 is 25.3. The monoisotopic (exact) mass is 299 g/mol. The van der Waals surface area contributed by atoms with Crippen molar-refractivity contribution in [1.29, 1.82) is 0 Å². The number of nitrogens with one attached hydrogen (secondary N) is 1. The van der Waals surface area contributed by atoms with Crippen molar-refractivity contribution in [2.45, 2.75) is 46.8 Å². The summed E-state index contributed by atoms with van der Waals surface area (Å²) >= 11 is 0. The van der Waals surface area contributed by atoms with Crippen LogP contribution in [0.15, 0.2) is 0 Å². The van der Waals surface area contributed by atoms with Gasteiger partial charge in [-0.2, -0.15) is 4.72 Å². The molecule has 4 nitrogen and oxygen atoms in total. The summed E-state index contributed by atoms with van der Waals surface area (Å²) in [6.07, 6.45) is 2.36. The number of aliphatic hydroxyl groups is 1. The predicted molar refractivity (Wildman–Crippen MR) is 76.1 cm³/mol. The van der Waals surface area contributed by atoms with Crippen LogP contribution in [0.1, 0.15) is 40.5 Å². The number of sulfonamides is 1. The van der Waals surface area contributed by atoms with Crippen molar-refractivity contribution in [2.75, 3.05) is 6.26 Å². The van der Waals surface area contributed by atoms with Crippen LogP contribution in [0.5, 0.6) is 0 Å². The highest BCUT2D eigenvalue weighted by atomic mass is 32.2. The molecule has 0 radical (unpaired) electrons. The van der Waals surface area contributed by atoms with Gasteiger partial charge in [0.15, 0.2) is 0 Å². The Morgan fingerprint density at radius 1 is 1.15 bits per heavy atom. The van der Waals surface area contributed by atoms with E-state index in [-0.39, 0.29) is 16.7 Å². The lowest BCUT2D eigenvalue weighted by molar-refractivity contribution is 0.0500. The van der Waals surface area contributed by atoms with Crippen LogP contribution >= 0.6 is 0 Å². The van der Waals surface area contributed by atoms with E-state index >= 15 is 0 Å². The second-order valence-corrected chi connectivity index (χ2v) is 10.7. The second kappa shape index (κ2) is 2.99. The number of fused-ring (bicyclic) bond motifs is 1. The molecule has 2 spiro atoms. The normalized spacial score (nSPS) is 54.2. The third kappa shape index (κ3) is 1.10. The van der Waals surface area contributed by atoms with Crippen molar-refractivity contribution in [1.82, 2.24) is 4.72 Å². The van der Waals surface area contributed by atoms with Crippen LogP contribution in [0.3, 0.4) is 0 Å². The van der Waals surface area contributed by atoms with Crippen LogP contribution in [0, 0.1) is 39.4 Å². The highest BCUT2D eigenvalue weighted by molar-refractivity contribution is 7.88. The van der Waals surface area contributed by atoms with Crippen LogP contribution in [0.2, 0.25) is 0 Å². The van der Waals surface area contributed by atoms with Gasteiger partial charge in [-0.05, 0) is 46.3 Å². The smallest absolute Gasteiger partial charge is 0.210 e. The first kappa shape index (κ1) is 13.5. The van der Waals surface area contributed by atoms with Crippen molar-refractivity contribution < 1.29 is 13.5 Å². The SMILES string of the molecule is CC1(C)C2C3C(C)(C)C34CC21CC4C(O)NS(C)(=O)=O. The van der Waals surface area contributed by atoms with Crippen molar-refractivity contribution in [3.63, 3.8) is 0 Å². The minimum absolute atomic E-state index is 0.0789. The quantitative estimate of drug-likeness (QED) is 0.777. The van der Waals surface area contributed by atoms with Crippen LogP contribution in [-0.4, -0.2) is 26.0 Å². The van der Waals surface area contributed by atoms with Crippen LogP contribution in [0.25, 0.3) is 0 Å². The Hall–Kier alpha value is -0.130. The van der Waals surface area contributed by atoms with E-state index in [1.807, 2.05) is 0 Å². The summed E-state index contributed by atoms with van der Waals surface area (Å²) in [7, 11) is -3.36. The molecule has 4 rings (SSSR count). The Kier molecular flexibility index (Phi) is 2.02. The molecule has 0 aromatic rings. The van der Waals surface area contributed by atoms with Gasteiger partial charge in [-0.15, -0.1) is 0 Å². The molecule has 5 heteroatoms. The largest absolute Gasteiger partial charge is 0.377 e. The molecule has 0 aromatic carbocycles. The zero-order valence-corrected chi connectivity index (χ0v) is 13.7. The predicted octanol–water partition coefficient (Wildman–Crippen LogP) is 1.56. The molecule has 2 bridgehead atoms. The summed E-state index contributed by atoms with van der Waals surface area (Å²) in [5.74, 6) is 1.53. The molecule has 114 valence electrons. The van der Waals surface area contributed by atoms with Crippen LogP contribution in [0.4, 0.5) is 0 Å². The van der Waals surface area contributed by atoms with E-state index in [4.69, 9.17) is 0 Å². The summed E-state index contributed by atoms with van der Waals surface area (Å²) in [6, 6.07) is 0. The standard InChI is InChI=1S/C15H25NO3S/c1-12(2)9-10-13(3,4)15(10)7-14(9,12)6-8(15)11(17)16-20(5,18)19/h8-11,16-17H,6-7H2,1-5H3. The molecule has 6 atom stereocenters. The number of rotatable bonds is 3. The Labute approximate surface area is 121 Å². The first-order chi connectivity index (χ1) is 8.92. The first-order valence-corrected chi connectivity index (χ1v) is 9.46. The van der Waals surface area contributed by atoms with Crippen molar-refractivity contribution in [3.05, 3.63) is 0 Å². The molecule has 20 heavy (non-hydrogen) atoms. The summed E-state index contributed by atoms with van der Waals surface area (Å²) in [5, 5.41) is 10.4. The van der Waals surface area contributed by atoms with Gasteiger partial charge in [0.2, 0.25) is 10.0 Å². The second-order valence-electron chi connectivity index (χ2n) is 8.92. The minimum atomic E-state index is -3.36. The Morgan fingerprint density at radius 2 is 1.75 bits per heavy atom. The van der Waals surface area contributed by atoms with Crippen LogP contribution in [-0.2, 0) is 10.0 Å². The summed E-state index contributed by atoms with van der Waals surface area (Å²) in [4.78, 5) is 0. The summed E-state index contributed by atoms with van der Waals surface area (Å²) in [6.45, 7) is 9.33. The molecule has 4 aliphatic rings. The maximum absolute atomic E-state index is 11.4. The topological polar surface area (TPSA) is 66.4 Å². The maximum atomic E-state index is 11.4. The van der Waals surface area contributed by atoms with E-state index < -0.39 is 16.3 Å². The maximum Gasteiger partial charge on any atom is 0.210 e. The number of hydrogen-bond acceptors (Lipinski definition) is 3. The van der Waals surface area contributed by atoms with E-state index in [0.29, 0.717) is 16.7 Å². The van der Waals surface area contributed by atoms with Gasteiger partial charge in [-0.1, -0.05) is 27.7 Å². The molecule has 2 N–H and O–H groups in total. The molecule has 0 saturated heterocycles. The average molecular weight is 299 g/mol. The molecule has 6 unspecified atom stereocenters. The molecule has 0 aliphatic heterocycles. The van der Waals surface area contributed by atoms with E-state index in [0.717, 1.165) is 18.6 Å². The fourth-order valence-electron chi connectivity index (χ4n) is 7.14. The van der Waals surface area contributed by atoms with Gasteiger partial charge in [-0.3, -0.25) is 0 Å². The van der Waals surface area contributed by atoms with Gasteiger partial charge in [0.25, 0.3) is 0 Å². The Bertz CT molecular complexity index is 611. The molecule has 0 amide bonds. The van der Waals surface area contributed by atoms with Crippen molar-refractivity contribution in [3.8, 4) is 0 Å².